The third kappa shape index (κ3) is 3.84. The van der Waals surface area contributed by atoms with E-state index in [0.717, 1.165) is 4.90 Å². The second-order valence-corrected chi connectivity index (χ2v) is 6.16. The van der Waals surface area contributed by atoms with Crippen molar-refractivity contribution in [2.75, 3.05) is 16.4 Å². The Hall–Kier alpha value is -2.47. The number of thioether (sulfide) groups is 1. The van der Waals surface area contributed by atoms with E-state index in [1.165, 1.54) is 11.8 Å². The molecule has 2 aromatic carbocycles. The second kappa shape index (κ2) is 6.75. The van der Waals surface area contributed by atoms with Crippen molar-refractivity contribution in [1.29, 1.82) is 0 Å². The molecule has 1 heterocycles. The van der Waals surface area contributed by atoms with Gasteiger partial charge in [-0.1, -0.05) is 18.2 Å². The van der Waals surface area contributed by atoms with Crippen molar-refractivity contribution in [3.8, 4) is 5.75 Å². The zero-order valence-electron chi connectivity index (χ0n) is 12.5. The number of ether oxygens (including phenoxy) is 1. The number of anilines is 2. The average Bonchev–Trinajstić information content (AvgIpc) is 2.55. The maximum Gasteiger partial charge on any atom is 0.265 e. The molecule has 2 amide bonds. The van der Waals surface area contributed by atoms with Gasteiger partial charge in [0.1, 0.15) is 5.75 Å². The van der Waals surface area contributed by atoms with E-state index in [1.807, 2.05) is 30.3 Å². The summed E-state index contributed by atoms with van der Waals surface area (Å²) in [6.45, 7) is 1.69. The molecule has 0 radical (unpaired) electrons. The summed E-state index contributed by atoms with van der Waals surface area (Å²) in [5.41, 5.74) is 1.20. The Morgan fingerprint density at radius 2 is 2.04 bits per heavy atom. The number of rotatable bonds is 4. The van der Waals surface area contributed by atoms with Gasteiger partial charge in [-0.2, -0.15) is 0 Å². The van der Waals surface area contributed by atoms with Gasteiger partial charge in [-0.15, -0.1) is 11.8 Å². The Morgan fingerprint density at radius 3 is 2.83 bits per heavy atom. The smallest absolute Gasteiger partial charge is 0.265 e. The van der Waals surface area contributed by atoms with Gasteiger partial charge in [0, 0.05) is 10.6 Å². The molecule has 1 atom stereocenters. The molecule has 6 heteroatoms. The van der Waals surface area contributed by atoms with Crippen LogP contribution in [0.25, 0.3) is 0 Å². The molecule has 0 unspecified atom stereocenters. The summed E-state index contributed by atoms with van der Waals surface area (Å²) in [6, 6.07) is 14.9. The molecule has 23 heavy (non-hydrogen) atoms. The van der Waals surface area contributed by atoms with Gasteiger partial charge in [0.2, 0.25) is 5.91 Å². The Morgan fingerprint density at radius 1 is 1.26 bits per heavy atom. The predicted molar refractivity (Wildman–Crippen MR) is 91.0 cm³/mol. The van der Waals surface area contributed by atoms with Crippen molar-refractivity contribution in [3.05, 3.63) is 48.5 Å². The Kier molecular flexibility index (Phi) is 4.52. The third-order valence-electron chi connectivity index (χ3n) is 3.31. The van der Waals surface area contributed by atoms with E-state index in [1.54, 1.807) is 25.1 Å². The quantitative estimate of drug-likeness (QED) is 0.846. The van der Waals surface area contributed by atoms with Crippen LogP contribution in [0.5, 0.6) is 5.75 Å². The lowest BCUT2D eigenvalue weighted by molar-refractivity contribution is -0.122. The first-order chi connectivity index (χ1) is 11.1. The highest BCUT2D eigenvalue weighted by atomic mass is 32.2. The molecule has 0 spiro atoms. The van der Waals surface area contributed by atoms with Gasteiger partial charge in [-0.05, 0) is 37.3 Å². The van der Waals surface area contributed by atoms with Crippen molar-refractivity contribution in [2.24, 2.45) is 0 Å². The molecule has 2 N–H and O–H groups in total. The first-order valence-corrected chi connectivity index (χ1v) is 8.19. The fourth-order valence-corrected chi connectivity index (χ4v) is 2.87. The van der Waals surface area contributed by atoms with Gasteiger partial charge in [0.15, 0.2) is 6.10 Å². The van der Waals surface area contributed by atoms with Crippen LogP contribution < -0.4 is 15.4 Å². The van der Waals surface area contributed by atoms with Crippen molar-refractivity contribution >= 4 is 35.0 Å². The maximum absolute atomic E-state index is 12.0. The van der Waals surface area contributed by atoms with E-state index >= 15 is 0 Å². The van der Waals surface area contributed by atoms with Crippen LogP contribution in [0.1, 0.15) is 6.92 Å². The molecule has 0 saturated carbocycles. The summed E-state index contributed by atoms with van der Waals surface area (Å²) in [5.74, 6) is 0.630. The summed E-state index contributed by atoms with van der Waals surface area (Å²) < 4.78 is 5.48. The number of hydrogen-bond donors (Lipinski definition) is 2. The molecule has 0 saturated heterocycles. The van der Waals surface area contributed by atoms with E-state index in [-0.39, 0.29) is 11.8 Å². The lowest BCUT2D eigenvalue weighted by atomic mass is 10.2. The number of carbonyl (C=O) groups excluding carboxylic acids is 2. The van der Waals surface area contributed by atoms with Crippen LogP contribution in [0.3, 0.4) is 0 Å². The Balaban J connectivity index is 1.61. The topological polar surface area (TPSA) is 67.4 Å². The number of nitrogens with one attached hydrogen (secondary N) is 2. The largest absolute Gasteiger partial charge is 0.479 e. The van der Waals surface area contributed by atoms with Gasteiger partial charge in [-0.25, -0.2) is 0 Å². The molecule has 1 aliphatic heterocycles. The van der Waals surface area contributed by atoms with Crippen LogP contribution in [0.4, 0.5) is 11.4 Å². The standard InChI is InChI=1S/C17H16N2O3S/c1-11-17(21)19-14-9-12(7-8-15(14)22-11)18-16(20)10-23-13-5-3-2-4-6-13/h2-9,11H,10H2,1H3,(H,18,20)(H,19,21)/t11-/m1/s1. The molecule has 0 aliphatic carbocycles. The fraction of sp³-hybridized carbons (Fsp3) is 0.176. The van der Waals surface area contributed by atoms with E-state index in [9.17, 15) is 9.59 Å². The molecule has 0 aromatic heterocycles. The van der Waals surface area contributed by atoms with E-state index in [2.05, 4.69) is 10.6 Å². The minimum absolute atomic E-state index is 0.102. The third-order valence-corrected chi connectivity index (χ3v) is 4.32. The molecular weight excluding hydrogens is 312 g/mol. The minimum atomic E-state index is -0.509. The number of benzene rings is 2. The normalized spacial score (nSPS) is 16.0. The second-order valence-electron chi connectivity index (χ2n) is 5.11. The molecule has 5 nitrogen and oxygen atoms in total. The van der Waals surface area contributed by atoms with Gasteiger partial charge < -0.3 is 15.4 Å². The summed E-state index contributed by atoms with van der Waals surface area (Å²) in [6.07, 6.45) is -0.509. The minimum Gasteiger partial charge on any atom is -0.479 e. The van der Waals surface area contributed by atoms with Crippen LogP contribution in [0.15, 0.2) is 53.4 Å². The van der Waals surface area contributed by atoms with Gasteiger partial charge in [-0.3, -0.25) is 9.59 Å². The van der Waals surface area contributed by atoms with Crippen LogP contribution in [0.2, 0.25) is 0 Å². The zero-order valence-corrected chi connectivity index (χ0v) is 13.4. The molecule has 0 bridgehead atoms. The lowest BCUT2D eigenvalue weighted by Gasteiger charge is -2.23. The highest BCUT2D eigenvalue weighted by molar-refractivity contribution is 8.00. The maximum atomic E-state index is 12.0. The van der Waals surface area contributed by atoms with E-state index in [0.29, 0.717) is 22.9 Å². The summed E-state index contributed by atoms with van der Waals surface area (Å²) in [5, 5.41) is 5.58. The molecule has 3 rings (SSSR count). The first kappa shape index (κ1) is 15.4. The summed E-state index contributed by atoms with van der Waals surface area (Å²) in [7, 11) is 0. The van der Waals surface area contributed by atoms with Crippen molar-refractivity contribution < 1.29 is 14.3 Å². The fourth-order valence-electron chi connectivity index (χ4n) is 2.15. The SMILES string of the molecule is C[C@H]1Oc2ccc(NC(=O)CSc3ccccc3)cc2NC1=O. The zero-order chi connectivity index (χ0) is 16.2. The highest BCUT2D eigenvalue weighted by Gasteiger charge is 2.23. The van der Waals surface area contributed by atoms with Gasteiger partial charge in [0.25, 0.3) is 5.91 Å². The number of hydrogen-bond acceptors (Lipinski definition) is 4. The van der Waals surface area contributed by atoms with E-state index < -0.39 is 6.10 Å². The summed E-state index contributed by atoms with van der Waals surface area (Å²) >= 11 is 1.47. The van der Waals surface area contributed by atoms with Crippen molar-refractivity contribution in [3.63, 3.8) is 0 Å². The van der Waals surface area contributed by atoms with Crippen molar-refractivity contribution in [2.45, 2.75) is 17.9 Å². The Labute approximate surface area is 138 Å². The van der Waals surface area contributed by atoms with Crippen LogP contribution in [-0.4, -0.2) is 23.7 Å². The Bertz CT molecular complexity index is 734. The number of carbonyl (C=O) groups is 2. The summed E-state index contributed by atoms with van der Waals surface area (Å²) in [4.78, 5) is 24.7. The highest BCUT2D eigenvalue weighted by Crippen LogP contribution is 2.32. The molecular formula is C17H16N2O3S. The number of fused-ring (bicyclic) bond motifs is 1. The van der Waals surface area contributed by atoms with Gasteiger partial charge >= 0.3 is 0 Å². The van der Waals surface area contributed by atoms with E-state index in [4.69, 9.17) is 4.74 Å². The number of amides is 2. The van der Waals surface area contributed by atoms with Crippen LogP contribution >= 0.6 is 11.8 Å². The molecule has 0 fully saturated rings. The average molecular weight is 328 g/mol. The van der Waals surface area contributed by atoms with Gasteiger partial charge in [0.05, 0.1) is 11.4 Å². The predicted octanol–water partition coefficient (Wildman–Crippen LogP) is 3.14. The first-order valence-electron chi connectivity index (χ1n) is 7.21. The molecule has 2 aromatic rings. The van der Waals surface area contributed by atoms with Crippen molar-refractivity contribution in [1.82, 2.24) is 0 Å². The molecule has 118 valence electrons. The van der Waals surface area contributed by atoms with Crippen LogP contribution in [-0.2, 0) is 9.59 Å². The van der Waals surface area contributed by atoms with Crippen LogP contribution in [0, 0.1) is 0 Å². The molecule has 1 aliphatic rings. The monoisotopic (exact) mass is 328 g/mol. The lowest BCUT2D eigenvalue weighted by Crippen LogP contribution is -2.34.